The number of piperidine rings is 1. The molecule has 1 aliphatic rings. The molecule has 0 aliphatic carbocycles. The monoisotopic (exact) mass is 482 g/mol. The largest absolute Gasteiger partial charge is 0.325 e. The highest BCUT2D eigenvalue weighted by Gasteiger charge is 2.33. The topological polar surface area (TPSA) is 83.6 Å². The van der Waals surface area contributed by atoms with Gasteiger partial charge in [0.25, 0.3) is 0 Å². The van der Waals surface area contributed by atoms with Crippen LogP contribution in [0.2, 0.25) is 5.02 Å². The summed E-state index contributed by atoms with van der Waals surface area (Å²) in [7, 11) is -3.68. The molecule has 4 rings (SSSR count). The van der Waals surface area contributed by atoms with E-state index in [2.05, 4.69) is 5.32 Å². The fourth-order valence-electron chi connectivity index (χ4n) is 3.91. The van der Waals surface area contributed by atoms with E-state index in [0.29, 0.717) is 35.7 Å². The van der Waals surface area contributed by atoms with E-state index in [0.717, 1.165) is 0 Å². The molecule has 1 amide bonds. The van der Waals surface area contributed by atoms with Gasteiger partial charge in [-0.2, -0.15) is 4.31 Å². The van der Waals surface area contributed by atoms with Crippen LogP contribution < -0.4 is 5.32 Å². The lowest BCUT2D eigenvalue weighted by atomic mass is 9.97. The lowest BCUT2D eigenvalue weighted by Crippen LogP contribution is -2.43. The Hall–Kier alpha value is -3.00. The van der Waals surface area contributed by atoms with Crippen LogP contribution in [0.4, 0.5) is 5.69 Å². The SMILES string of the molecule is O=C(c1ccccc1)c1cc(Cl)ccc1NC(=O)[C@H]1CCCN(S(=O)(=O)c2ccccc2)C1. The van der Waals surface area contributed by atoms with Gasteiger partial charge in [-0.25, -0.2) is 8.42 Å². The number of ketones is 1. The number of nitrogens with one attached hydrogen (secondary N) is 1. The number of anilines is 1. The van der Waals surface area contributed by atoms with Crippen LogP contribution in [-0.2, 0) is 14.8 Å². The van der Waals surface area contributed by atoms with E-state index in [-0.39, 0.29) is 28.7 Å². The number of sulfonamides is 1. The minimum Gasteiger partial charge on any atom is -0.325 e. The van der Waals surface area contributed by atoms with Crippen LogP contribution in [0.5, 0.6) is 0 Å². The number of hydrogen-bond donors (Lipinski definition) is 1. The van der Waals surface area contributed by atoms with Gasteiger partial charge in [0.15, 0.2) is 5.78 Å². The van der Waals surface area contributed by atoms with Crippen LogP contribution >= 0.6 is 11.6 Å². The minimum absolute atomic E-state index is 0.0820. The Morgan fingerprint density at radius 1 is 0.939 bits per heavy atom. The van der Waals surface area contributed by atoms with Gasteiger partial charge >= 0.3 is 0 Å². The van der Waals surface area contributed by atoms with Crippen molar-refractivity contribution >= 4 is 39.0 Å². The van der Waals surface area contributed by atoms with Crippen molar-refractivity contribution < 1.29 is 18.0 Å². The molecule has 0 aromatic heterocycles. The van der Waals surface area contributed by atoms with Gasteiger partial charge in [-0.3, -0.25) is 9.59 Å². The van der Waals surface area contributed by atoms with E-state index in [1.165, 1.54) is 10.4 Å². The fourth-order valence-corrected chi connectivity index (χ4v) is 5.63. The number of carbonyl (C=O) groups is 2. The molecule has 3 aromatic carbocycles. The average Bonchev–Trinajstić information content (AvgIpc) is 2.85. The summed E-state index contributed by atoms with van der Waals surface area (Å²) in [5.74, 6) is -1.12. The molecular formula is C25H23ClN2O4S. The second-order valence-electron chi connectivity index (χ2n) is 7.89. The van der Waals surface area contributed by atoms with Crippen molar-refractivity contribution in [2.75, 3.05) is 18.4 Å². The van der Waals surface area contributed by atoms with E-state index < -0.39 is 15.9 Å². The van der Waals surface area contributed by atoms with E-state index in [4.69, 9.17) is 11.6 Å². The van der Waals surface area contributed by atoms with Crippen LogP contribution in [0.1, 0.15) is 28.8 Å². The van der Waals surface area contributed by atoms with Crippen molar-refractivity contribution in [1.29, 1.82) is 0 Å². The first kappa shape index (κ1) is 23.2. The summed E-state index contributed by atoms with van der Waals surface area (Å²) in [6.45, 7) is 0.443. The molecule has 0 radical (unpaired) electrons. The maximum absolute atomic E-state index is 13.1. The third-order valence-corrected chi connectivity index (χ3v) is 7.77. The predicted octanol–water partition coefficient (Wildman–Crippen LogP) is 4.61. The quantitative estimate of drug-likeness (QED) is 0.520. The minimum atomic E-state index is -3.68. The number of nitrogens with zero attached hydrogens (tertiary/aromatic N) is 1. The molecular weight excluding hydrogens is 460 g/mol. The van der Waals surface area contributed by atoms with Crippen molar-refractivity contribution in [1.82, 2.24) is 4.31 Å². The zero-order valence-corrected chi connectivity index (χ0v) is 19.4. The first-order valence-corrected chi connectivity index (χ1v) is 12.4. The maximum Gasteiger partial charge on any atom is 0.243 e. The van der Waals surface area contributed by atoms with Gasteiger partial charge in [0, 0.05) is 29.2 Å². The Morgan fingerprint density at radius 3 is 2.30 bits per heavy atom. The van der Waals surface area contributed by atoms with E-state index in [1.807, 2.05) is 6.07 Å². The summed E-state index contributed by atoms with van der Waals surface area (Å²) in [4.78, 5) is 26.3. The summed E-state index contributed by atoms with van der Waals surface area (Å²) in [5.41, 5.74) is 1.11. The number of rotatable bonds is 6. The molecule has 3 aromatic rings. The zero-order valence-electron chi connectivity index (χ0n) is 17.8. The third-order valence-electron chi connectivity index (χ3n) is 5.66. The molecule has 0 bridgehead atoms. The van der Waals surface area contributed by atoms with Gasteiger partial charge in [-0.15, -0.1) is 0 Å². The highest BCUT2D eigenvalue weighted by molar-refractivity contribution is 7.89. The second-order valence-corrected chi connectivity index (χ2v) is 10.3. The molecule has 1 aliphatic heterocycles. The lowest BCUT2D eigenvalue weighted by Gasteiger charge is -2.31. The summed E-state index contributed by atoms with van der Waals surface area (Å²) < 4.78 is 27.3. The summed E-state index contributed by atoms with van der Waals surface area (Å²) >= 11 is 6.12. The van der Waals surface area contributed by atoms with Crippen LogP contribution in [0, 0.1) is 5.92 Å². The highest BCUT2D eigenvalue weighted by atomic mass is 35.5. The Kier molecular flexibility index (Phi) is 6.93. The van der Waals surface area contributed by atoms with E-state index in [1.54, 1.807) is 66.7 Å². The van der Waals surface area contributed by atoms with Gasteiger partial charge in [0.2, 0.25) is 15.9 Å². The summed E-state index contributed by atoms with van der Waals surface area (Å²) in [5, 5.41) is 3.21. The molecule has 1 fully saturated rings. The number of halogens is 1. The maximum atomic E-state index is 13.1. The molecule has 8 heteroatoms. The van der Waals surface area contributed by atoms with Crippen LogP contribution in [-0.4, -0.2) is 37.5 Å². The smallest absolute Gasteiger partial charge is 0.243 e. The Bertz CT molecular complexity index is 1260. The molecule has 33 heavy (non-hydrogen) atoms. The number of amides is 1. The zero-order chi connectivity index (χ0) is 23.4. The van der Waals surface area contributed by atoms with Crippen molar-refractivity contribution in [2.45, 2.75) is 17.7 Å². The molecule has 0 saturated carbocycles. The Balaban J connectivity index is 1.53. The fraction of sp³-hybridized carbons (Fsp3) is 0.200. The van der Waals surface area contributed by atoms with Gasteiger partial charge in [-0.1, -0.05) is 60.1 Å². The third kappa shape index (κ3) is 5.16. The van der Waals surface area contributed by atoms with E-state index >= 15 is 0 Å². The standard InChI is InChI=1S/C25H23ClN2O4S/c26-20-13-14-23(22(16-20)24(29)18-8-3-1-4-9-18)27-25(30)19-10-7-15-28(17-19)33(31,32)21-11-5-2-6-12-21/h1-6,8-9,11-14,16,19H,7,10,15,17H2,(H,27,30)/t19-/m0/s1. The summed E-state index contributed by atoms with van der Waals surface area (Å²) in [6, 6.07) is 21.7. The lowest BCUT2D eigenvalue weighted by molar-refractivity contribution is -0.120. The Labute approximate surface area is 198 Å². The highest BCUT2D eigenvalue weighted by Crippen LogP contribution is 2.27. The van der Waals surface area contributed by atoms with Gasteiger partial charge in [-0.05, 0) is 43.2 Å². The molecule has 0 unspecified atom stereocenters. The molecule has 6 nitrogen and oxygen atoms in total. The van der Waals surface area contributed by atoms with Crippen LogP contribution in [0.15, 0.2) is 83.8 Å². The molecule has 1 saturated heterocycles. The Morgan fingerprint density at radius 2 is 1.61 bits per heavy atom. The van der Waals surface area contributed by atoms with Gasteiger partial charge in [0.05, 0.1) is 16.5 Å². The van der Waals surface area contributed by atoms with Gasteiger partial charge < -0.3 is 5.32 Å². The van der Waals surface area contributed by atoms with Crippen molar-refractivity contribution in [3.63, 3.8) is 0 Å². The number of benzene rings is 3. The molecule has 1 heterocycles. The molecule has 1 N–H and O–H groups in total. The number of carbonyl (C=O) groups excluding carboxylic acids is 2. The molecule has 1 atom stereocenters. The van der Waals surface area contributed by atoms with Crippen molar-refractivity contribution in [3.8, 4) is 0 Å². The molecule has 170 valence electrons. The number of hydrogen-bond acceptors (Lipinski definition) is 4. The van der Waals surface area contributed by atoms with Gasteiger partial charge in [0.1, 0.15) is 0 Å². The summed E-state index contributed by atoms with van der Waals surface area (Å²) in [6.07, 6.45) is 1.13. The average molecular weight is 483 g/mol. The van der Waals surface area contributed by atoms with Crippen LogP contribution in [0.25, 0.3) is 0 Å². The first-order valence-electron chi connectivity index (χ1n) is 10.6. The second kappa shape index (κ2) is 9.87. The van der Waals surface area contributed by atoms with Crippen molar-refractivity contribution in [2.24, 2.45) is 5.92 Å². The molecule has 0 spiro atoms. The first-order chi connectivity index (χ1) is 15.9. The van der Waals surface area contributed by atoms with Crippen LogP contribution in [0.3, 0.4) is 0 Å². The predicted molar refractivity (Wildman–Crippen MR) is 128 cm³/mol. The van der Waals surface area contributed by atoms with E-state index in [9.17, 15) is 18.0 Å². The normalized spacial score (nSPS) is 16.8. The van der Waals surface area contributed by atoms with Crippen molar-refractivity contribution in [3.05, 3.63) is 95.0 Å².